The molecule has 1 aliphatic rings. The number of piperidine rings is 1. The number of hydrogen-bond donors (Lipinski definition) is 1. The molecule has 0 radical (unpaired) electrons. The summed E-state index contributed by atoms with van der Waals surface area (Å²) in [6.07, 6.45) is 7.50. The summed E-state index contributed by atoms with van der Waals surface area (Å²) in [4.78, 5) is 10.9. The molecule has 1 atom stereocenters. The lowest BCUT2D eigenvalue weighted by Gasteiger charge is -2.29. The van der Waals surface area contributed by atoms with Crippen LogP contribution in [0.15, 0.2) is 24.7 Å². The highest BCUT2D eigenvalue weighted by molar-refractivity contribution is 5.29. The first-order valence-corrected chi connectivity index (χ1v) is 6.00. The third kappa shape index (κ3) is 2.30. The van der Waals surface area contributed by atoms with Gasteiger partial charge in [-0.25, -0.2) is 9.97 Å². The Morgan fingerprint density at radius 3 is 3.24 bits per heavy atom. The maximum absolute atomic E-state index is 9.62. The van der Waals surface area contributed by atoms with Crippen molar-refractivity contribution < 1.29 is 5.11 Å². The minimum Gasteiger partial charge on any atom is -0.392 e. The van der Waals surface area contributed by atoms with Crippen LogP contribution in [0.5, 0.6) is 0 Å². The molecule has 3 rings (SSSR count). The summed E-state index contributed by atoms with van der Waals surface area (Å²) in [5, 5.41) is 9.62. The summed E-state index contributed by atoms with van der Waals surface area (Å²) in [7, 11) is 0. The van der Waals surface area contributed by atoms with Crippen LogP contribution in [-0.4, -0.2) is 43.6 Å². The molecule has 2 aromatic heterocycles. The van der Waals surface area contributed by atoms with Crippen molar-refractivity contribution in [2.75, 3.05) is 13.1 Å². The van der Waals surface area contributed by atoms with Crippen molar-refractivity contribution in [2.24, 2.45) is 0 Å². The van der Waals surface area contributed by atoms with E-state index < -0.39 is 0 Å². The molecule has 1 saturated heterocycles. The largest absolute Gasteiger partial charge is 0.392 e. The van der Waals surface area contributed by atoms with Crippen molar-refractivity contribution in [3.8, 4) is 0 Å². The van der Waals surface area contributed by atoms with Gasteiger partial charge in [0.1, 0.15) is 0 Å². The zero-order valence-electron chi connectivity index (χ0n) is 9.66. The second-order valence-electron chi connectivity index (χ2n) is 4.59. The highest BCUT2D eigenvalue weighted by atomic mass is 16.3. The molecule has 2 aromatic rings. The van der Waals surface area contributed by atoms with Crippen LogP contribution in [-0.2, 0) is 6.54 Å². The average Bonchev–Trinajstić information content (AvgIpc) is 2.71. The van der Waals surface area contributed by atoms with Crippen LogP contribution in [0.1, 0.15) is 18.5 Å². The zero-order valence-corrected chi connectivity index (χ0v) is 9.66. The lowest BCUT2D eigenvalue weighted by atomic mass is 10.1. The van der Waals surface area contributed by atoms with Gasteiger partial charge in [-0.1, -0.05) is 0 Å². The van der Waals surface area contributed by atoms with Crippen LogP contribution >= 0.6 is 0 Å². The van der Waals surface area contributed by atoms with Crippen molar-refractivity contribution in [2.45, 2.75) is 25.5 Å². The monoisotopic (exact) mass is 232 g/mol. The zero-order chi connectivity index (χ0) is 11.7. The second-order valence-corrected chi connectivity index (χ2v) is 4.59. The number of fused-ring (bicyclic) bond motifs is 1. The number of nitrogens with zero attached hydrogens (tertiary/aromatic N) is 4. The molecule has 0 bridgehead atoms. The molecule has 0 unspecified atom stereocenters. The number of aliphatic hydroxyl groups is 1. The molecule has 1 fully saturated rings. The van der Waals surface area contributed by atoms with Crippen molar-refractivity contribution in [1.29, 1.82) is 0 Å². The van der Waals surface area contributed by atoms with Gasteiger partial charge < -0.3 is 5.11 Å². The van der Waals surface area contributed by atoms with Crippen LogP contribution in [0, 0.1) is 0 Å². The van der Waals surface area contributed by atoms with E-state index in [4.69, 9.17) is 0 Å². The molecule has 0 spiro atoms. The molecule has 3 heterocycles. The Labute approximate surface area is 99.7 Å². The van der Waals surface area contributed by atoms with E-state index >= 15 is 0 Å². The standard InChI is InChI=1S/C12H16N4O/c17-11-3-1-5-15(9-11)7-10-8-16-6-2-4-13-12(16)14-10/h2,4,6,8,11,17H,1,3,5,7,9H2/t11-/m0/s1. The summed E-state index contributed by atoms with van der Waals surface area (Å²) < 4.78 is 1.93. The van der Waals surface area contributed by atoms with Crippen LogP contribution in [0.4, 0.5) is 0 Å². The van der Waals surface area contributed by atoms with E-state index in [1.54, 1.807) is 6.20 Å². The third-order valence-electron chi connectivity index (χ3n) is 3.15. The normalized spacial score (nSPS) is 22.1. The van der Waals surface area contributed by atoms with E-state index in [1.165, 1.54) is 0 Å². The molecule has 0 aromatic carbocycles. The highest BCUT2D eigenvalue weighted by Gasteiger charge is 2.18. The number of aromatic nitrogens is 3. The van der Waals surface area contributed by atoms with E-state index in [1.807, 2.05) is 22.9 Å². The predicted octanol–water partition coefficient (Wildman–Crippen LogP) is 0.686. The molecule has 17 heavy (non-hydrogen) atoms. The Kier molecular flexibility index (Phi) is 2.78. The van der Waals surface area contributed by atoms with Crippen molar-refractivity contribution in [1.82, 2.24) is 19.3 Å². The molecular formula is C12H16N4O. The first-order chi connectivity index (χ1) is 8.31. The molecule has 90 valence electrons. The van der Waals surface area contributed by atoms with E-state index in [9.17, 15) is 5.11 Å². The van der Waals surface area contributed by atoms with Gasteiger partial charge in [-0.2, -0.15) is 0 Å². The first kappa shape index (κ1) is 10.7. The Hall–Kier alpha value is -1.46. The van der Waals surface area contributed by atoms with Crippen LogP contribution in [0.25, 0.3) is 5.78 Å². The fraction of sp³-hybridized carbons (Fsp3) is 0.500. The Bertz CT molecular complexity index is 477. The highest BCUT2D eigenvalue weighted by Crippen LogP contribution is 2.13. The summed E-state index contributed by atoms with van der Waals surface area (Å²) in [6.45, 7) is 2.58. The number of rotatable bonds is 2. The van der Waals surface area contributed by atoms with Crippen molar-refractivity contribution >= 4 is 5.78 Å². The number of aliphatic hydroxyl groups excluding tert-OH is 1. The van der Waals surface area contributed by atoms with E-state index in [0.29, 0.717) is 0 Å². The summed E-state index contributed by atoms with van der Waals surface area (Å²) in [5.41, 5.74) is 1.01. The SMILES string of the molecule is O[C@H]1CCCN(Cc2cn3cccnc3n2)C1. The van der Waals surface area contributed by atoms with E-state index in [2.05, 4.69) is 14.9 Å². The maximum Gasteiger partial charge on any atom is 0.233 e. The number of likely N-dealkylation sites (tertiary alicyclic amines) is 1. The van der Waals surface area contributed by atoms with Crippen LogP contribution < -0.4 is 0 Å². The fourth-order valence-corrected chi connectivity index (χ4v) is 2.36. The Balaban J connectivity index is 1.75. The Morgan fingerprint density at radius 1 is 1.47 bits per heavy atom. The van der Waals surface area contributed by atoms with Gasteiger partial charge in [0.15, 0.2) is 0 Å². The minimum atomic E-state index is -0.182. The minimum absolute atomic E-state index is 0.182. The van der Waals surface area contributed by atoms with Crippen molar-refractivity contribution in [3.05, 3.63) is 30.4 Å². The van der Waals surface area contributed by atoms with Gasteiger partial charge in [-0.3, -0.25) is 9.30 Å². The third-order valence-corrected chi connectivity index (χ3v) is 3.15. The second kappa shape index (κ2) is 4.43. The molecule has 0 aliphatic carbocycles. The molecule has 5 nitrogen and oxygen atoms in total. The first-order valence-electron chi connectivity index (χ1n) is 6.00. The van der Waals surface area contributed by atoms with Gasteiger partial charge in [0.2, 0.25) is 5.78 Å². The summed E-state index contributed by atoms with van der Waals surface area (Å²) in [6, 6.07) is 1.89. The van der Waals surface area contributed by atoms with Gasteiger partial charge >= 0.3 is 0 Å². The van der Waals surface area contributed by atoms with E-state index in [-0.39, 0.29) is 6.10 Å². The molecular weight excluding hydrogens is 216 g/mol. The van der Waals surface area contributed by atoms with Crippen LogP contribution in [0.3, 0.4) is 0 Å². The summed E-state index contributed by atoms with van der Waals surface area (Å²) in [5.74, 6) is 0.736. The maximum atomic E-state index is 9.62. The predicted molar refractivity (Wildman–Crippen MR) is 63.5 cm³/mol. The lowest BCUT2D eigenvalue weighted by molar-refractivity contribution is 0.0663. The van der Waals surface area contributed by atoms with Gasteiger partial charge in [0, 0.05) is 31.7 Å². The topological polar surface area (TPSA) is 53.7 Å². The average molecular weight is 232 g/mol. The molecule has 0 amide bonds. The smallest absolute Gasteiger partial charge is 0.233 e. The van der Waals surface area contributed by atoms with Gasteiger partial charge in [-0.15, -0.1) is 0 Å². The Morgan fingerprint density at radius 2 is 2.41 bits per heavy atom. The summed E-state index contributed by atoms with van der Waals surface area (Å²) >= 11 is 0. The van der Waals surface area contributed by atoms with Gasteiger partial charge in [0.25, 0.3) is 0 Å². The van der Waals surface area contributed by atoms with Crippen LogP contribution in [0.2, 0.25) is 0 Å². The van der Waals surface area contributed by atoms with Gasteiger partial charge in [0.05, 0.1) is 11.8 Å². The lowest BCUT2D eigenvalue weighted by Crippen LogP contribution is -2.37. The number of β-amino-alcohol motifs (C(OH)–C–C–N with tert-alkyl or cyclic N) is 1. The quantitative estimate of drug-likeness (QED) is 0.827. The molecule has 5 heteroatoms. The van der Waals surface area contributed by atoms with Crippen molar-refractivity contribution in [3.63, 3.8) is 0 Å². The number of hydrogen-bond acceptors (Lipinski definition) is 4. The molecule has 1 aliphatic heterocycles. The number of imidazole rings is 1. The fourth-order valence-electron chi connectivity index (χ4n) is 2.36. The van der Waals surface area contributed by atoms with Gasteiger partial charge in [-0.05, 0) is 25.5 Å². The molecule has 0 saturated carbocycles. The van der Waals surface area contributed by atoms with E-state index in [0.717, 1.165) is 43.9 Å². The molecule has 1 N–H and O–H groups in total.